The molecule has 0 saturated heterocycles. The topological polar surface area (TPSA) is 7.76 Å². The van der Waals surface area contributed by atoms with Crippen LogP contribution in [0.1, 0.15) is 20.8 Å². The van der Waals surface area contributed by atoms with Gasteiger partial charge in [-0.3, -0.25) is 0 Å². The van der Waals surface area contributed by atoms with Crippen LogP contribution >= 0.6 is 0 Å². The number of aryl methyl sites for hydroxylation is 4. The van der Waals surface area contributed by atoms with E-state index in [2.05, 4.69) is 46.5 Å². The Bertz CT molecular complexity index is 975. The maximum absolute atomic E-state index is 7.60. The van der Waals surface area contributed by atoms with Crippen molar-refractivity contribution in [1.29, 1.82) is 0 Å². The highest BCUT2D eigenvalue weighted by molar-refractivity contribution is 5.63. The molecule has 0 fully saturated rings. The van der Waals surface area contributed by atoms with Crippen LogP contribution in [0.15, 0.2) is 54.7 Å². The molecule has 0 aliphatic heterocycles. The van der Waals surface area contributed by atoms with E-state index in [0.717, 1.165) is 28.2 Å². The Hall–Kier alpha value is -2.48. The lowest BCUT2D eigenvalue weighted by molar-refractivity contribution is -0.685. The summed E-state index contributed by atoms with van der Waals surface area (Å²) in [6.45, 7) is 1.96. The Morgan fingerprint density at radius 1 is 0.826 bits per heavy atom. The van der Waals surface area contributed by atoms with E-state index in [-0.39, 0.29) is 0 Å². The van der Waals surface area contributed by atoms with Gasteiger partial charge < -0.3 is 0 Å². The highest BCUT2D eigenvalue weighted by Crippen LogP contribution is 2.23. The molecule has 0 bridgehead atoms. The average molecular weight is 307 g/mol. The average Bonchev–Trinajstić information content (AvgIpc) is 2.55. The molecule has 1 aromatic carbocycles. The third kappa shape index (κ3) is 2.89. The second-order valence-electron chi connectivity index (χ2n) is 6.09. The van der Waals surface area contributed by atoms with Gasteiger partial charge in [0.1, 0.15) is 14.1 Å². The van der Waals surface area contributed by atoms with Crippen LogP contribution in [-0.2, 0) is 14.1 Å². The monoisotopic (exact) mass is 307 g/mol. The van der Waals surface area contributed by atoms with E-state index in [1.807, 2.05) is 33.2 Å². The Kier molecular flexibility index (Phi) is 3.11. The normalized spacial score (nSPS) is 13.3. The molecule has 0 radical (unpaired) electrons. The molecule has 0 amide bonds. The van der Waals surface area contributed by atoms with Crippen LogP contribution < -0.4 is 9.13 Å². The van der Waals surface area contributed by atoms with E-state index in [1.165, 1.54) is 5.56 Å². The lowest BCUT2D eigenvalue weighted by Crippen LogP contribution is -2.40. The van der Waals surface area contributed by atoms with Gasteiger partial charge >= 0.3 is 0 Å². The second kappa shape index (κ2) is 5.96. The minimum Gasteiger partial charge on any atom is -0.196 e. The molecule has 3 aromatic rings. The van der Waals surface area contributed by atoms with Gasteiger partial charge in [0, 0.05) is 33.4 Å². The Labute approximate surface area is 142 Å². The molecule has 0 aliphatic carbocycles. The summed E-state index contributed by atoms with van der Waals surface area (Å²) in [5, 5.41) is 0. The maximum Gasteiger partial charge on any atom is 0.277 e. The van der Waals surface area contributed by atoms with E-state index >= 15 is 0 Å². The molecule has 2 nitrogen and oxygen atoms in total. The van der Waals surface area contributed by atoms with Crippen LogP contribution in [-0.4, -0.2) is 0 Å². The van der Waals surface area contributed by atoms with Crippen molar-refractivity contribution >= 4 is 0 Å². The molecule has 2 aromatic heterocycles. The molecule has 0 aliphatic rings. The molecule has 116 valence electrons. The van der Waals surface area contributed by atoms with Gasteiger partial charge in [-0.2, -0.15) is 9.13 Å². The number of rotatable bonds is 2. The molecule has 0 atom stereocenters. The van der Waals surface area contributed by atoms with E-state index in [1.54, 1.807) is 12.1 Å². The number of hydrogen-bond donors (Lipinski definition) is 0. The van der Waals surface area contributed by atoms with E-state index < -0.39 is 6.85 Å². The lowest BCUT2D eigenvalue weighted by atomic mass is 10.0. The molecule has 23 heavy (non-hydrogen) atoms. The largest absolute Gasteiger partial charge is 0.277 e. The molecular weight excluding hydrogens is 280 g/mol. The van der Waals surface area contributed by atoms with Crippen molar-refractivity contribution in [1.82, 2.24) is 0 Å². The van der Waals surface area contributed by atoms with Crippen molar-refractivity contribution in [3.8, 4) is 22.6 Å². The fraction of sp³-hybridized carbons (Fsp3) is 0.238. The lowest BCUT2D eigenvalue weighted by Gasteiger charge is -2.08. The number of aromatic nitrogens is 2. The number of benzene rings is 1. The van der Waals surface area contributed by atoms with Crippen LogP contribution in [0, 0.1) is 20.7 Å². The minimum atomic E-state index is -2.08. The molecular formula is C21H24N2+2. The Balaban J connectivity index is 2.14. The molecule has 2 heteroatoms. The van der Waals surface area contributed by atoms with Crippen LogP contribution in [0.5, 0.6) is 0 Å². The van der Waals surface area contributed by atoms with Gasteiger partial charge in [0.05, 0.1) is 0 Å². The summed E-state index contributed by atoms with van der Waals surface area (Å²) in [7, 11) is 4.09. The van der Waals surface area contributed by atoms with Crippen LogP contribution in [0.3, 0.4) is 0 Å². The smallest absolute Gasteiger partial charge is 0.196 e. The van der Waals surface area contributed by atoms with Gasteiger partial charge in [0.2, 0.25) is 5.69 Å². The van der Waals surface area contributed by atoms with Gasteiger partial charge in [-0.05, 0) is 44.5 Å². The first-order valence-electron chi connectivity index (χ1n) is 9.25. The predicted molar refractivity (Wildman–Crippen MR) is 93.9 cm³/mol. The summed E-state index contributed by atoms with van der Waals surface area (Å²) < 4.78 is 27.1. The quantitative estimate of drug-likeness (QED) is 0.639. The predicted octanol–water partition coefficient (Wildman–Crippen LogP) is 3.59. The van der Waals surface area contributed by atoms with Crippen molar-refractivity contribution in [3.63, 3.8) is 0 Å². The Morgan fingerprint density at radius 2 is 1.57 bits per heavy atom. The molecule has 0 saturated carbocycles. The summed E-state index contributed by atoms with van der Waals surface area (Å²) in [6, 6.07) is 15.8. The molecule has 0 N–H and O–H groups in total. The first kappa shape index (κ1) is 12.0. The summed E-state index contributed by atoms with van der Waals surface area (Å²) in [4.78, 5) is 0. The van der Waals surface area contributed by atoms with Gasteiger partial charge in [-0.1, -0.05) is 17.7 Å². The summed E-state index contributed by atoms with van der Waals surface area (Å²) in [5.41, 5.74) is 6.86. The molecule has 2 heterocycles. The van der Waals surface area contributed by atoms with E-state index in [0.29, 0.717) is 5.56 Å². The highest BCUT2D eigenvalue weighted by atomic mass is 15.0. The zero-order chi connectivity index (χ0) is 19.1. The number of hydrogen-bond acceptors (Lipinski definition) is 0. The van der Waals surface area contributed by atoms with Crippen LogP contribution in [0.4, 0.5) is 0 Å². The SMILES string of the molecule is [2H]C([2H])([2H])c1ccc(-c2cccc(-c3ccc(C)c[n+]3C)[n+]2C)c(C)c1. The van der Waals surface area contributed by atoms with Gasteiger partial charge in [-0.15, -0.1) is 0 Å². The highest BCUT2D eigenvalue weighted by Gasteiger charge is 2.23. The Morgan fingerprint density at radius 3 is 2.26 bits per heavy atom. The number of nitrogens with zero attached hydrogens (tertiary/aromatic N) is 2. The van der Waals surface area contributed by atoms with Crippen molar-refractivity contribution < 1.29 is 13.2 Å². The molecule has 0 spiro atoms. The minimum absolute atomic E-state index is 0.377. The van der Waals surface area contributed by atoms with Gasteiger partial charge in [-0.25, -0.2) is 0 Å². The zero-order valence-electron chi connectivity index (χ0n) is 17.1. The van der Waals surface area contributed by atoms with Gasteiger partial charge in [0.15, 0.2) is 6.20 Å². The van der Waals surface area contributed by atoms with E-state index in [9.17, 15) is 0 Å². The fourth-order valence-corrected chi connectivity index (χ4v) is 3.07. The van der Waals surface area contributed by atoms with E-state index in [4.69, 9.17) is 4.11 Å². The summed E-state index contributed by atoms with van der Waals surface area (Å²) in [5.74, 6) is 0. The molecule has 3 rings (SSSR count). The third-order valence-corrected chi connectivity index (χ3v) is 4.28. The maximum atomic E-state index is 7.60. The third-order valence-electron chi connectivity index (χ3n) is 4.28. The number of pyridine rings is 2. The van der Waals surface area contributed by atoms with Crippen molar-refractivity contribution in [3.05, 3.63) is 71.4 Å². The van der Waals surface area contributed by atoms with Crippen LogP contribution in [0.25, 0.3) is 22.6 Å². The van der Waals surface area contributed by atoms with Crippen molar-refractivity contribution in [2.45, 2.75) is 20.7 Å². The molecule has 0 unspecified atom stereocenters. The van der Waals surface area contributed by atoms with Crippen LogP contribution in [0.2, 0.25) is 0 Å². The zero-order valence-corrected chi connectivity index (χ0v) is 14.1. The van der Waals surface area contributed by atoms with Gasteiger partial charge in [0.25, 0.3) is 11.4 Å². The second-order valence-corrected chi connectivity index (χ2v) is 6.09. The first-order chi connectivity index (χ1) is 12.2. The first-order valence-corrected chi connectivity index (χ1v) is 7.75. The summed E-state index contributed by atoms with van der Waals surface area (Å²) >= 11 is 0. The standard InChI is InChI=1S/C21H24N2/c1-15-9-11-18(17(3)13-15)19-7-6-8-21(23(19)5)20-12-10-16(2)14-22(20)4/h6-14H,1-5H3/q+2/i1D3. The summed E-state index contributed by atoms with van der Waals surface area (Å²) in [6.07, 6.45) is 2.11. The van der Waals surface area contributed by atoms with Crippen molar-refractivity contribution in [2.75, 3.05) is 0 Å². The van der Waals surface area contributed by atoms with Crippen molar-refractivity contribution in [2.24, 2.45) is 14.1 Å². The fourth-order valence-electron chi connectivity index (χ4n) is 3.07.